The summed E-state index contributed by atoms with van der Waals surface area (Å²) >= 11 is 0. The van der Waals surface area contributed by atoms with Crippen LogP contribution in [0.4, 0.5) is 5.95 Å². The SMILES string of the molecule is CC[C@@H]1C[C@H]1N=C(N)N1CCN(c2ncccn2)CC1.I. The monoisotopic (exact) mass is 402 g/mol. The lowest BCUT2D eigenvalue weighted by atomic mass is 10.3. The fraction of sp³-hybridized carbons (Fsp3) is 0.643. The van der Waals surface area contributed by atoms with Gasteiger partial charge in [0, 0.05) is 38.6 Å². The zero-order valence-corrected chi connectivity index (χ0v) is 14.7. The van der Waals surface area contributed by atoms with Gasteiger partial charge < -0.3 is 15.5 Å². The molecule has 1 aromatic rings. The standard InChI is InChI=1S/C14H22N6.HI/c1-2-11-10-12(11)18-13(15)19-6-8-20(9-7-19)14-16-4-3-5-17-14;/h3-5,11-12H,2,6-10H2,1H3,(H2,15,18);1H/t11-,12-;/m1./s1. The Morgan fingerprint density at radius 2 is 1.95 bits per heavy atom. The van der Waals surface area contributed by atoms with Crippen LogP contribution in [0.5, 0.6) is 0 Å². The molecule has 2 heterocycles. The maximum Gasteiger partial charge on any atom is 0.225 e. The van der Waals surface area contributed by atoms with Crippen LogP contribution in [0.3, 0.4) is 0 Å². The van der Waals surface area contributed by atoms with Gasteiger partial charge >= 0.3 is 0 Å². The molecule has 2 N–H and O–H groups in total. The minimum Gasteiger partial charge on any atom is -0.370 e. The summed E-state index contributed by atoms with van der Waals surface area (Å²) in [6.07, 6.45) is 5.97. The van der Waals surface area contributed by atoms with Crippen LogP contribution >= 0.6 is 24.0 Å². The first-order chi connectivity index (χ1) is 9.78. The Labute approximate surface area is 142 Å². The molecule has 2 aliphatic rings. The molecule has 0 aromatic carbocycles. The van der Waals surface area contributed by atoms with Crippen LogP contribution in [-0.2, 0) is 0 Å². The molecule has 3 rings (SSSR count). The lowest BCUT2D eigenvalue weighted by molar-refractivity contribution is 0.377. The normalized spacial score (nSPS) is 25.5. The lowest BCUT2D eigenvalue weighted by Crippen LogP contribution is -2.51. The molecular weight excluding hydrogens is 379 g/mol. The second-order valence-corrected chi connectivity index (χ2v) is 5.48. The van der Waals surface area contributed by atoms with Crippen LogP contribution < -0.4 is 10.6 Å². The fourth-order valence-corrected chi connectivity index (χ4v) is 2.67. The van der Waals surface area contributed by atoms with Gasteiger partial charge in [-0.25, -0.2) is 15.0 Å². The molecule has 1 aromatic heterocycles. The van der Waals surface area contributed by atoms with Crippen molar-refractivity contribution in [2.75, 3.05) is 31.1 Å². The molecule has 1 aliphatic heterocycles. The summed E-state index contributed by atoms with van der Waals surface area (Å²) in [6.45, 7) is 5.77. The number of hydrogen-bond donors (Lipinski definition) is 1. The molecule has 6 nitrogen and oxygen atoms in total. The zero-order chi connectivity index (χ0) is 13.9. The van der Waals surface area contributed by atoms with Gasteiger partial charge in [0.05, 0.1) is 6.04 Å². The van der Waals surface area contributed by atoms with Crippen molar-refractivity contribution < 1.29 is 0 Å². The highest BCUT2D eigenvalue weighted by Gasteiger charge is 2.35. The van der Waals surface area contributed by atoms with Crippen LogP contribution in [0.15, 0.2) is 23.5 Å². The van der Waals surface area contributed by atoms with E-state index in [9.17, 15) is 0 Å². The van der Waals surface area contributed by atoms with E-state index in [2.05, 4.69) is 31.7 Å². The van der Waals surface area contributed by atoms with Crippen molar-refractivity contribution in [3.63, 3.8) is 0 Å². The Morgan fingerprint density at radius 3 is 2.52 bits per heavy atom. The van der Waals surface area contributed by atoms with Crippen molar-refractivity contribution in [1.82, 2.24) is 14.9 Å². The van der Waals surface area contributed by atoms with Gasteiger partial charge in [-0.3, -0.25) is 0 Å². The number of aliphatic imine (C=N–C) groups is 1. The van der Waals surface area contributed by atoms with Crippen LogP contribution in [-0.4, -0.2) is 53.0 Å². The zero-order valence-electron chi connectivity index (χ0n) is 12.4. The highest BCUT2D eigenvalue weighted by atomic mass is 127. The number of nitrogens with zero attached hydrogens (tertiary/aromatic N) is 5. The van der Waals surface area contributed by atoms with Crippen molar-refractivity contribution in [2.24, 2.45) is 16.6 Å². The van der Waals surface area contributed by atoms with Crippen LogP contribution in [0.2, 0.25) is 0 Å². The molecular formula is C14H23IN6. The Morgan fingerprint density at radius 1 is 1.29 bits per heavy atom. The average Bonchev–Trinajstić information content (AvgIpc) is 3.26. The van der Waals surface area contributed by atoms with Crippen LogP contribution in [0.25, 0.3) is 0 Å². The third kappa shape index (κ3) is 3.96. The van der Waals surface area contributed by atoms with E-state index in [4.69, 9.17) is 5.73 Å². The summed E-state index contributed by atoms with van der Waals surface area (Å²) in [5.41, 5.74) is 6.12. The summed E-state index contributed by atoms with van der Waals surface area (Å²) < 4.78 is 0. The first-order valence-corrected chi connectivity index (χ1v) is 7.38. The molecule has 21 heavy (non-hydrogen) atoms. The van der Waals surface area contributed by atoms with Crippen molar-refractivity contribution in [2.45, 2.75) is 25.8 Å². The Hall–Kier alpha value is -1.12. The molecule has 2 fully saturated rings. The number of halogens is 1. The smallest absolute Gasteiger partial charge is 0.225 e. The molecule has 7 heteroatoms. The van der Waals surface area contributed by atoms with Gasteiger partial charge in [0.1, 0.15) is 0 Å². The van der Waals surface area contributed by atoms with Gasteiger partial charge in [-0.15, -0.1) is 24.0 Å². The minimum absolute atomic E-state index is 0. The van der Waals surface area contributed by atoms with E-state index in [1.54, 1.807) is 12.4 Å². The van der Waals surface area contributed by atoms with E-state index in [1.165, 1.54) is 12.8 Å². The highest BCUT2D eigenvalue weighted by molar-refractivity contribution is 14.0. The topological polar surface area (TPSA) is 70.6 Å². The van der Waals surface area contributed by atoms with E-state index >= 15 is 0 Å². The first-order valence-electron chi connectivity index (χ1n) is 7.38. The van der Waals surface area contributed by atoms with Gasteiger partial charge in [-0.2, -0.15) is 0 Å². The molecule has 0 radical (unpaired) electrons. The fourth-order valence-electron chi connectivity index (χ4n) is 2.67. The summed E-state index contributed by atoms with van der Waals surface area (Å²) in [4.78, 5) is 17.6. The van der Waals surface area contributed by atoms with E-state index in [1.807, 2.05) is 6.07 Å². The third-order valence-electron chi connectivity index (χ3n) is 4.15. The number of nitrogens with two attached hydrogens (primary N) is 1. The van der Waals surface area contributed by atoms with Crippen molar-refractivity contribution in [3.8, 4) is 0 Å². The number of hydrogen-bond acceptors (Lipinski definition) is 4. The van der Waals surface area contributed by atoms with E-state index in [-0.39, 0.29) is 24.0 Å². The Balaban J connectivity index is 0.00000161. The predicted molar refractivity (Wildman–Crippen MR) is 95.0 cm³/mol. The van der Waals surface area contributed by atoms with Crippen LogP contribution in [0, 0.1) is 5.92 Å². The van der Waals surface area contributed by atoms with Gasteiger partial charge in [-0.1, -0.05) is 13.3 Å². The lowest BCUT2D eigenvalue weighted by Gasteiger charge is -2.35. The van der Waals surface area contributed by atoms with Crippen LogP contribution in [0.1, 0.15) is 19.8 Å². The number of guanidine groups is 1. The molecule has 0 amide bonds. The van der Waals surface area contributed by atoms with E-state index in [0.29, 0.717) is 12.0 Å². The van der Waals surface area contributed by atoms with E-state index < -0.39 is 0 Å². The molecule has 0 bridgehead atoms. The minimum atomic E-state index is 0. The van der Waals surface area contributed by atoms with Gasteiger partial charge in [-0.05, 0) is 18.4 Å². The second kappa shape index (κ2) is 7.24. The number of rotatable bonds is 3. The van der Waals surface area contributed by atoms with Gasteiger partial charge in [0.15, 0.2) is 5.96 Å². The molecule has 2 atom stereocenters. The van der Waals surface area contributed by atoms with Crippen molar-refractivity contribution in [3.05, 3.63) is 18.5 Å². The molecule has 1 saturated heterocycles. The molecule has 1 saturated carbocycles. The average molecular weight is 402 g/mol. The molecule has 0 spiro atoms. The second-order valence-electron chi connectivity index (χ2n) is 5.48. The maximum atomic E-state index is 6.12. The maximum absolute atomic E-state index is 6.12. The van der Waals surface area contributed by atoms with Crippen molar-refractivity contribution in [1.29, 1.82) is 0 Å². The molecule has 116 valence electrons. The Bertz CT molecular complexity index is 472. The van der Waals surface area contributed by atoms with Gasteiger partial charge in [0.25, 0.3) is 0 Å². The number of aromatic nitrogens is 2. The number of anilines is 1. The summed E-state index contributed by atoms with van der Waals surface area (Å²) in [7, 11) is 0. The summed E-state index contributed by atoms with van der Waals surface area (Å²) in [5.74, 6) is 2.27. The first kappa shape index (κ1) is 16.3. The third-order valence-corrected chi connectivity index (χ3v) is 4.15. The predicted octanol–water partition coefficient (Wildman–Crippen LogP) is 1.33. The highest BCUT2D eigenvalue weighted by Crippen LogP contribution is 2.36. The Kier molecular flexibility index (Phi) is 5.60. The summed E-state index contributed by atoms with van der Waals surface area (Å²) in [6, 6.07) is 2.31. The molecule has 0 unspecified atom stereocenters. The molecule has 1 aliphatic carbocycles. The van der Waals surface area contributed by atoms with Gasteiger partial charge in [0.2, 0.25) is 5.95 Å². The number of piperazine rings is 1. The quantitative estimate of drug-likeness (QED) is 0.469. The van der Waals surface area contributed by atoms with E-state index in [0.717, 1.165) is 38.0 Å². The summed E-state index contributed by atoms with van der Waals surface area (Å²) in [5, 5.41) is 0. The van der Waals surface area contributed by atoms with Crippen molar-refractivity contribution >= 4 is 35.9 Å². The largest absolute Gasteiger partial charge is 0.370 e.